The monoisotopic (exact) mass is 340 g/mol. The van der Waals surface area contributed by atoms with Crippen LogP contribution in [0.25, 0.3) is 0 Å². The molecule has 0 radical (unpaired) electrons. The summed E-state index contributed by atoms with van der Waals surface area (Å²) in [4.78, 5) is 11.9. The summed E-state index contributed by atoms with van der Waals surface area (Å²) in [6.45, 7) is 0.540. The van der Waals surface area contributed by atoms with Gasteiger partial charge in [0.1, 0.15) is 5.82 Å². The molecule has 0 unspecified atom stereocenters. The number of pyridine rings is 1. The number of aryl methyl sites for hydroxylation is 1. The van der Waals surface area contributed by atoms with Crippen LogP contribution in [0.15, 0.2) is 33.5 Å². The van der Waals surface area contributed by atoms with Gasteiger partial charge in [-0.15, -0.1) is 0 Å². The molecule has 0 spiro atoms. The smallest absolute Gasteiger partial charge is 0.288 e. The number of fused-ring (bicyclic) bond motifs is 1. The molecule has 0 aliphatic carbocycles. The molecule has 2 aromatic rings. The Balaban J connectivity index is 2.03. The van der Waals surface area contributed by atoms with Crippen LogP contribution < -0.4 is 10.9 Å². The molecule has 1 N–H and O–H groups in total. The Morgan fingerprint density at radius 2 is 2.00 bits per heavy atom. The van der Waals surface area contributed by atoms with Gasteiger partial charge in [0.2, 0.25) is 5.82 Å². The summed E-state index contributed by atoms with van der Waals surface area (Å²) in [6, 6.07) is 5.99. The van der Waals surface area contributed by atoms with Crippen LogP contribution in [-0.2, 0) is 13.0 Å². The lowest BCUT2D eigenvalue weighted by Crippen LogP contribution is -2.23. The number of benzene rings is 1. The predicted molar refractivity (Wildman–Crippen MR) is 76.4 cm³/mol. The van der Waals surface area contributed by atoms with Crippen molar-refractivity contribution in [1.82, 2.24) is 4.57 Å². The van der Waals surface area contributed by atoms with Crippen molar-refractivity contribution >= 4 is 27.3 Å². The lowest BCUT2D eigenvalue weighted by Gasteiger charge is -2.11. The normalized spacial score (nSPS) is 13.3. The second-order valence-corrected chi connectivity index (χ2v) is 5.59. The first-order valence-corrected chi connectivity index (χ1v) is 7.00. The number of nitrogens with zero attached hydrogens (tertiary/aromatic N) is 1. The molecule has 0 amide bonds. The SMILES string of the molecule is O=c1c(F)c(Nc2ccc(Br)cc2F)cc2n1CCC2. The maximum Gasteiger partial charge on any atom is 0.288 e. The van der Waals surface area contributed by atoms with Crippen LogP contribution in [0, 0.1) is 11.6 Å². The minimum atomic E-state index is -0.877. The van der Waals surface area contributed by atoms with Gasteiger partial charge in [0.05, 0.1) is 11.4 Å². The van der Waals surface area contributed by atoms with Crippen LogP contribution in [0.4, 0.5) is 20.2 Å². The molecule has 0 fully saturated rings. The second kappa shape index (κ2) is 5.01. The minimum absolute atomic E-state index is 0.0179. The van der Waals surface area contributed by atoms with Crippen molar-refractivity contribution in [2.45, 2.75) is 19.4 Å². The third-order valence-corrected chi connectivity index (χ3v) is 3.84. The van der Waals surface area contributed by atoms with E-state index in [1.165, 1.54) is 16.7 Å². The summed E-state index contributed by atoms with van der Waals surface area (Å²) >= 11 is 3.15. The molecule has 1 aliphatic heterocycles. The fourth-order valence-electron chi connectivity index (χ4n) is 2.37. The highest BCUT2D eigenvalue weighted by Crippen LogP contribution is 2.25. The fourth-order valence-corrected chi connectivity index (χ4v) is 2.70. The molecule has 104 valence electrons. The van der Waals surface area contributed by atoms with Crippen LogP contribution in [0.3, 0.4) is 0 Å². The molecule has 0 atom stereocenters. The van der Waals surface area contributed by atoms with E-state index in [-0.39, 0.29) is 11.4 Å². The molecule has 1 aromatic carbocycles. The topological polar surface area (TPSA) is 34.0 Å². The van der Waals surface area contributed by atoms with Gasteiger partial charge in [-0.25, -0.2) is 4.39 Å². The van der Waals surface area contributed by atoms with Crippen LogP contribution >= 0.6 is 15.9 Å². The van der Waals surface area contributed by atoms with Gasteiger partial charge < -0.3 is 9.88 Å². The van der Waals surface area contributed by atoms with Crippen molar-refractivity contribution in [3.05, 3.63) is 56.4 Å². The molecule has 0 saturated carbocycles. The van der Waals surface area contributed by atoms with Gasteiger partial charge >= 0.3 is 0 Å². The van der Waals surface area contributed by atoms with Crippen molar-refractivity contribution < 1.29 is 8.78 Å². The lowest BCUT2D eigenvalue weighted by atomic mass is 10.2. The Hall–Kier alpha value is -1.69. The molecule has 3 nitrogen and oxygen atoms in total. The van der Waals surface area contributed by atoms with Gasteiger partial charge in [0.25, 0.3) is 5.56 Å². The third kappa shape index (κ3) is 2.24. The van der Waals surface area contributed by atoms with E-state index < -0.39 is 17.2 Å². The van der Waals surface area contributed by atoms with Gasteiger partial charge in [0, 0.05) is 16.7 Å². The van der Waals surface area contributed by atoms with E-state index in [9.17, 15) is 13.6 Å². The molecule has 0 bridgehead atoms. The highest BCUT2D eigenvalue weighted by atomic mass is 79.9. The van der Waals surface area contributed by atoms with E-state index in [0.717, 1.165) is 18.5 Å². The summed E-state index contributed by atoms with van der Waals surface area (Å²) < 4.78 is 29.8. The van der Waals surface area contributed by atoms with Crippen molar-refractivity contribution in [3.63, 3.8) is 0 Å². The molecular weight excluding hydrogens is 330 g/mol. The van der Waals surface area contributed by atoms with E-state index in [0.29, 0.717) is 11.0 Å². The molecule has 6 heteroatoms. The van der Waals surface area contributed by atoms with Crippen molar-refractivity contribution in [3.8, 4) is 0 Å². The van der Waals surface area contributed by atoms with Crippen molar-refractivity contribution in [1.29, 1.82) is 0 Å². The van der Waals surface area contributed by atoms with Gasteiger partial charge in [-0.1, -0.05) is 15.9 Å². The number of hydrogen-bond donors (Lipinski definition) is 1. The van der Waals surface area contributed by atoms with E-state index in [1.54, 1.807) is 12.1 Å². The summed E-state index contributed by atoms with van der Waals surface area (Å²) in [7, 11) is 0. The Kier molecular flexibility index (Phi) is 3.33. The first-order chi connectivity index (χ1) is 9.56. The quantitative estimate of drug-likeness (QED) is 0.906. The average molecular weight is 341 g/mol. The highest BCUT2D eigenvalue weighted by molar-refractivity contribution is 9.10. The molecular formula is C14H11BrF2N2O. The maximum atomic E-state index is 14.0. The Bertz CT molecular complexity index is 743. The number of aromatic nitrogens is 1. The van der Waals surface area contributed by atoms with E-state index in [1.807, 2.05) is 0 Å². The zero-order valence-electron chi connectivity index (χ0n) is 10.4. The van der Waals surface area contributed by atoms with Gasteiger partial charge in [-0.2, -0.15) is 4.39 Å². The lowest BCUT2D eigenvalue weighted by molar-refractivity contribution is 0.581. The zero-order valence-corrected chi connectivity index (χ0v) is 12.0. The predicted octanol–water partition coefficient (Wildman–Crippen LogP) is 3.58. The summed E-state index contributed by atoms with van der Waals surface area (Å²) in [5.41, 5.74) is 0.273. The number of nitrogens with one attached hydrogen (secondary N) is 1. The van der Waals surface area contributed by atoms with Crippen LogP contribution in [0.2, 0.25) is 0 Å². The van der Waals surface area contributed by atoms with Crippen molar-refractivity contribution in [2.75, 3.05) is 5.32 Å². The Morgan fingerprint density at radius 1 is 1.20 bits per heavy atom. The number of anilines is 2. The molecule has 3 rings (SSSR count). The average Bonchev–Trinajstić information content (AvgIpc) is 2.87. The highest BCUT2D eigenvalue weighted by Gasteiger charge is 2.19. The molecule has 20 heavy (non-hydrogen) atoms. The van der Waals surface area contributed by atoms with Gasteiger partial charge in [-0.3, -0.25) is 4.79 Å². The van der Waals surface area contributed by atoms with Crippen LogP contribution in [-0.4, -0.2) is 4.57 Å². The molecule has 1 aromatic heterocycles. The third-order valence-electron chi connectivity index (χ3n) is 3.34. The second-order valence-electron chi connectivity index (χ2n) is 4.67. The Labute approximate surface area is 122 Å². The standard InChI is InChI=1S/C14H11BrF2N2O/c15-8-3-4-11(10(16)6-8)18-12-7-9-2-1-5-19(9)14(20)13(12)17/h3-4,6-7,18H,1-2,5H2. The molecule has 2 heterocycles. The maximum absolute atomic E-state index is 14.0. The number of hydrogen-bond acceptors (Lipinski definition) is 2. The first-order valence-electron chi connectivity index (χ1n) is 6.20. The summed E-state index contributed by atoms with van der Waals surface area (Å²) in [6.07, 6.45) is 1.55. The first kappa shape index (κ1) is 13.3. The largest absolute Gasteiger partial charge is 0.351 e. The van der Waals surface area contributed by atoms with Gasteiger partial charge in [-0.05, 0) is 37.1 Å². The number of halogens is 3. The van der Waals surface area contributed by atoms with E-state index in [2.05, 4.69) is 21.2 Å². The van der Waals surface area contributed by atoms with E-state index in [4.69, 9.17) is 0 Å². The van der Waals surface area contributed by atoms with Crippen LogP contribution in [0.1, 0.15) is 12.1 Å². The fraction of sp³-hybridized carbons (Fsp3) is 0.214. The summed E-state index contributed by atoms with van der Waals surface area (Å²) in [5, 5.41) is 2.65. The Morgan fingerprint density at radius 3 is 2.75 bits per heavy atom. The van der Waals surface area contributed by atoms with Crippen molar-refractivity contribution in [2.24, 2.45) is 0 Å². The molecule has 1 aliphatic rings. The van der Waals surface area contributed by atoms with Crippen LogP contribution in [0.5, 0.6) is 0 Å². The van der Waals surface area contributed by atoms with Gasteiger partial charge in [0.15, 0.2) is 0 Å². The number of rotatable bonds is 2. The van der Waals surface area contributed by atoms with E-state index >= 15 is 0 Å². The molecule has 0 saturated heterocycles. The zero-order chi connectivity index (χ0) is 14.3. The summed E-state index contributed by atoms with van der Waals surface area (Å²) in [5.74, 6) is -1.39. The minimum Gasteiger partial charge on any atom is -0.351 e.